The zero-order valence-electron chi connectivity index (χ0n) is 22.6. The lowest BCUT2D eigenvalue weighted by atomic mass is 10.1. The van der Waals surface area contributed by atoms with Crippen molar-refractivity contribution in [3.8, 4) is 28.9 Å². The zero-order valence-corrected chi connectivity index (χ0v) is 23.5. The molecule has 0 unspecified atom stereocenters. The number of halogens is 6. The number of hydrogen-bond acceptors (Lipinski definition) is 7. The van der Waals surface area contributed by atoms with Crippen molar-refractivity contribution in [3.05, 3.63) is 83.7 Å². The van der Waals surface area contributed by atoms with Crippen LogP contribution in [0, 0.1) is 18.3 Å². The molecular weight excluding hydrogens is 628 g/mol. The second-order valence-electron chi connectivity index (χ2n) is 9.29. The Balaban J connectivity index is 1.35. The Morgan fingerprint density at radius 2 is 1.80 bits per heavy atom. The van der Waals surface area contributed by atoms with Crippen molar-refractivity contribution in [2.24, 2.45) is 4.99 Å². The summed E-state index contributed by atoms with van der Waals surface area (Å²) in [5.41, 5.74) is -0.352. The highest BCUT2D eigenvalue weighted by atomic mass is 32.2. The number of anilines is 2. The minimum atomic E-state index is -4.84. The van der Waals surface area contributed by atoms with E-state index in [2.05, 4.69) is 25.1 Å². The van der Waals surface area contributed by atoms with Crippen molar-refractivity contribution in [1.29, 1.82) is 5.26 Å². The van der Waals surface area contributed by atoms with Crippen LogP contribution in [0.1, 0.15) is 16.7 Å². The van der Waals surface area contributed by atoms with E-state index in [9.17, 15) is 41.2 Å². The number of aryl methyl sites for hydroxylation is 1. The highest BCUT2D eigenvalue weighted by molar-refractivity contribution is 8.15. The van der Waals surface area contributed by atoms with E-state index >= 15 is 0 Å². The number of carbonyl (C=O) groups excluding carboxylic acids is 2. The first kappa shape index (κ1) is 31.1. The average Bonchev–Trinajstić information content (AvgIpc) is 3.59. The van der Waals surface area contributed by atoms with E-state index in [-0.39, 0.29) is 28.0 Å². The normalized spacial score (nSPS) is 14.5. The van der Waals surface area contributed by atoms with Gasteiger partial charge in [0.1, 0.15) is 18.1 Å². The van der Waals surface area contributed by atoms with Gasteiger partial charge in [-0.2, -0.15) is 23.4 Å². The highest BCUT2D eigenvalue weighted by Crippen LogP contribution is 2.40. The van der Waals surface area contributed by atoms with Gasteiger partial charge in [-0.15, -0.1) is 18.3 Å². The fourth-order valence-electron chi connectivity index (χ4n) is 4.18. The lowest BCUT2D eigenvalue weighted by molar-refractivity contribution is -0.274. The molecule has 0 atom stereocenters. The van der Waals surface area contributed by atoms with Crippen molar-refractivity contribution >= 4 is 40.2 Å². The van der Waals surface area contributed by atoms with Gasteiger partial charge >= 0.3 is 18.6 Å². The standard InChI is InChI=1S/C28H17F6N7O3S/c1-15-2-8-20(27(29,30)31)22(10-15)41-23(42)13-45-26(41)38-25(43)37-21-9-3-16(11-17(21)12-35)24-36-14-40(39-24)18-4-6-19(7-5-18)44-28(32,33)34/h2-11,14H,13H2,1H3,(H,37,43)/b38-26-. The Morgan fingerprint density at radius 1 is 1.07 bits per heavy atom. The van der Waals surface area contributed by atoms with E-state index in [1.165, 1.54) is 53.5 Å². The van der Waals surface area contributed by atoms with Crippen molar-refractivity contribution in [3.63, 3.8) is 0 Å². The first-order valence-electron chi connectivity index (χ1n) is 12.6. The summed E-state index contributed by atoms with van der Waals surface area (Å²) in [5, 5.41) is 16.1. The van der Waals surface area contributed by atoms with Gasteiger partial charge in [0.25, 0.3) is 0 Å². The van der Waals surface area contributed by atoms with Crippen molar-refractivity contribution in [2.45, 2.75) is 19.5 Å². The number of urea groups is 1. The van der Waals surface area contributed by atoms with E-state index in [1.54, 1.807) is 6.92 Å². The van der Waals surface area contributed by atoms with E-state index in [0.29, 0.717) is 16.8 Å². The maximum atomic E-state index is 13.7. The molecule has 0 saturated carbocycles. The number of nitrogens with one attached hydrogen (secondary N) is 1. The van der Waals surface area contributed by atoms with Crippen LogP contribution in [0.2, 0.25) is 0 Å². The quantitative estimate of drug-likeness (QED) is 0.240. The molecule has 0 spiro atoms. The molecule has 0 bridgehead atoms. The number of hydrogen-bond donors (Lipinski definition) is 1. The first-order valence-corrected chi connectivity index (χ1v) is 13.6. The van der Waals surface area contributed by atoms with E-state index in [0.717, 1.165) is 34.9 Å². The summed E-state index contributed by atoms with van der Waals surface area (Å²) in [6.45, 7) is 1.56. The van der Waals surface area contributed by atoms with Crippen molar-refractivity contribution < 1.29 is 40.7 Å². The van der Waals surface area contributed by atoms with Gasteiger partial charge in [0.15, 0.2) is 11.0 Å². The number of aliphatic imine (C=N–C) groups is 1. The van der Waals surface area contributed by atoms with Crippen molar-refractivity contribution in [1.82, 2.24) is 14.8 Å². The monoisotopic (exact) mass is 645 g/mol. The fourth-order valence-corrected chi connectivity index (χ4v) is 5.04. The smallest absolute Gasteiger partial charge is 0.406 e. The van der Waals surface area contributed by atoms with E-state index < -0.39 is 41.5 Å². The van der Waals surface area contributed by atoms with Crippen LogP contribution in [0.3, 0.4) is 0 Å². The molecule has 1 fully saturated rings. The Bertz CT molecular complexity index is 1860. The SMILES string of the molecule is Cc1ccc(C(F)(F)F)c(N2C(=O)CS/C2=N\C(=O)Nc2ccc(-c3ncn(-c4ccc(OC(F)(F)F)cc4)n3)cc2C#N)c1. The molecule has 230 valence electrons. The van der Waals surface area contributed by atoms with Crippen LogP contribution >= 0.6 is 11.8 Å². The third kappa shape index (κ3) is 7.07. The third-order valence-corrected chi connectivity index (χ3v) is 7.05. The third-order valence-electron chi connectivity index (χ3n) is 6.13. The molecule has 1 aliphatic rings. The van der Waals surface area contributed by atoms with Crippen LogP contribution in [0.15, 0.2) is 72.0 Å². The zero-order chi connectivity index (χ0) is 32.5. The van der Waals surface area contributed by atoms with Gasteiger partial charge in [0.05, 0.1) is 33.9 Å². The van der Waals surface area contributed by atoms with Crippen LogP contribution in [0.25, 0.3) is 17.1 Å². The van der Waals surface area contributed by atoms with Crippen LogP contribution in [-0.4, -0.2) is 44.0 Å². The Labute approximate surface area is 253 Å². The lowest BCUT2D eigenvalue weighted by Crippen LogP contribution is -2.32. The summed E-state index contributed by atoms with van der Waals surface area (Å²) in [5.74, 6) is -1.20. The number of benzene rings is 3. The maximum Gasteiger partial charge on any atom is 0.573 e. The maximum absolute atomic E-state index is 13.7. The van der Waals surface area contributed by atoms with Gasteiger partial charge in [0, 0.05) is 5.56 Å². The topological polar surface area (TPSA) is 126 Å². The summed E-state index contributed by atoms with van der Waals surface area (Å²) in [4.78, 5) is 34.1. The van der Waals surface area contributed by atoms with Crippen LogP contribution in [0.5, 0.6) is 5.75 Å². The van der Waals surface area contributed by atoms with Gasteiger partial charge in [-0.25, -0.2) is 14.5 Å². The second kappa shape index (κ2) is 12.0. The second-order valence-corrected chi connectivity index (χ2v) is 10.2. The fraction of sp³-hybridized carbons (Fsp3) is 0.143. The van der Waals surface area contributed by atoms with Gasteiger partial charge in [-0.05, 0) is 67.1 Å². The Kier molecular flexibility index (Phi) is 8.26. The largest absolute Gasteiger partial charge is 0.573 e. The molecule has 1 N–H and O–H groups in total. The van der Waals surface area contributed by atoms with Gasteiger partial charge in [0.2, 0.25) is 5.91 Å². The first-order chi connectivity index (χ1) is 21.2. The van der Waals surface area contributed by atoms with E-state index in [1.807, 2.05) is 6.07 Å². The molecule has 10 nitrogen and oxygen atoms in total. The van der Waals surface area contributed by atoms with Gasteiger partial charge in [-0.1, -0.05) is 17.8 Å². The van der Waals surface area contributed by atoms with Gasteiger partial charge in [-0.3, -0.25) is 9.69 Å². The van der Waals surface area contributed by atoms with Crippen molar-refractivity contribution in [2.75, 3.05) is 16.0 Å². The van der Waals surface area contributed by atoms with Crippen LogP contribution in [0.4, 0.5) is 42.5 Å². The summed E-state index contributed by atoms with van der Waals surface area (Å²) in [6.07, 6.45) is -8.30. The summed E-state index contributed by atoms with van der Waals surface area (Å²) in [6, 6.07) is 13.2. The number of carbonyl (C=O) groups is 2. The number of thioether (sulfide) groups is 1. The number of aromatic nitrogens is 3. The minimum absolute atomic E-state index is 0.0164. The predicted octanol–water partition coefficient (Wildman–Crippen LogP) is 6.70. The molecule has 45 heavy (non-hydrogen) atoms. The predicted molar refractivity (Wildman–Crippen MR) is 151 cm³/mol. The molecule has 3 aromatic carbocycles. The lowest BCUT2D eigenvalue weighted by Gasteiger charge is -2.21. The molecular formula is C28H17F6N7O3S. The molecule has 17 heteroatoms. The summed E-state index contributed by atoms with van der Waals surface area (Å²) in [7, 11) is 0. The summed E-state index contributed by atoms with van der Waals surface area (Å²) >= 11 is 0.788. The molecule has 4 aromatic rings. The molecule has 2 heterocycles. The number of rotatable bonds is 5. The van der Waals surface area contributed by atoms with E-state index in [4.69, 9.17) is 0 Å². The average molecular weight is 646 g/mol. The number of alkyl halides is 6. The molecule has 3 amide bonds. The molecule has 1 saturated heterocycles. The summed E-state index contributed by atoms with van der Waals surface area (Å²) < 4.78 is 83.4. The number of amides is 3. The number of ether oxygens (including phenoxy) is 1. The molecule has 0 radical (unpaired) electrons. The molecule has 5 rings (SSSR count). The molecule has 1 aromatic heterocycles. The minimum Gasteiger partial charge on any atom is -0.406 e. The Morgan fingerprint density at radius 3 is 2.47 bits per heavy atom. The Hall–Kier alpha value is -5.37. The van der Waals surface area contributed by atoms with Gasteiger partial charge < -0.3 is 10.1 Å². The highest BCUT2D eigenvalue weighted by Gasteiger charge is 2.40. The number of nitrogens with zero attached hydrogens (tertiary/aromatic N) is 6. The molecule has 1 aliphatic heterocycles. The number of amidine groups is 1. The number of nitriles is 1. The van der Waals surface area contributed by atoms with Crippen LogP contribution in [-0.2, 0) is 11.0 Å². The molecule has 0 aliphatic carbocycles. The van der Waals surface area contributed by atoms with Crippen LogP contribution < -0.4 is 15.0 Å².